The fourth-order valence-corrected chi connectivity index (χ4v) is 2.71. The third-order valence-corrected chi connectivity index (χ3v) is 3.78. The van der Waals surface area contributed by atoms with Gasteiger partial charge in [0.2, 0.25) is 0 Å². The molecule has 1 rings (SSSR count). The Hall–Kier alpha value is -1.32. The number of rotatable bonds is 6. The van der Waals surface area contributed by atoms with Crippen molar-refractivity contribution in [2.75, 3.05) is 0 Å². The molecule has 0 aromatic heterocycles. The van der Waals surface area contributed by atoms with E-state index >= 15 is 0 Å². The number of carboxylic acids is 2. The first-order valence-electron chi connectivity index (χ1n) is 6.71. The molecule has 0 bridgehead atoms. The third kappa shape index (κ3) is 4.51. The number of allylic oxidation sites excluding steroid dienone is 1. The van der Waals surface area contributed by atoms with Crippen LogP contribution in [0.25, 0.3) is 0 Å². The Bertz CT molecular complexity index is 309. The minimum Gasteiger partial charge on any atom is -0.477 e. The standard InChI is InChI=1S/C14H22O4/c1-2-3-10-4-6-11(7-5-10)8-9-12(13(15)16)14(17)18/h9-11H,2-8H2,1H3,(H,15,16)(H,17,18). The van der Waals surface area contributed by atoms with E-state index in [2.05, 4.69) is 6.92 Å². The van der Waals surface area contributed by atoms with Crippen LogP contribution >= 0.6 is 0 Å². The number of hydrogen-bond acceptors (Lipinski definition) is 2. The van der Waals surface area contributed by atoms with Crippen LogP contribution < -0.4 is 0 Å². The van der Waals surface area contributed by atoms with E-state index in [-0.39, 0.29) is 0 Å². The Balaban J connectivity index is 2.43. The molecule has 1 aliphatic rings. The molecule has 0 aromatic rings. The minimum atomic E-state index is -1.35. The summed E-state index contributed by atoms with van der Waals surface area (Å²) >= 11 is 0. The maximum absolute atomic E-state index is 10.7. The summed E-state index contributed by atoms with van der Waals surface area (Å²) in [6.45, 7) is 2.20. The van der Waals surface area contributed by atoms with Gasteiger partial charge < -0.3 is 10.2 Å². The largest absolute Gasteiger partial charge is 0.477 e. The first-order valence-corrected chi connectivity index (χ1v) is 6.71. The average Bonchev–Trinajstić information content (AvgIpc) is 2.31. The molecule has 102 valence electrons. The maximum atomic E-state index is 10.7. The normalized spacial score (nSPS) is 23.4. The van der Waals surface area contributed by atoms with Crippen LogP contribution in [0.4, 0.5) is 0 Å². The zero-order chi connectivity index (χ0) is 13.5. The first-order chi connectivity index (χ1) is 8.54. The van der Waals surface area contributed by atoms with Gasteiger partial charge in [0.05, 0.1) is 0 Å². The van der Waals surface area contributed by atoms with Crippen LogP contribution in [0.5, 0.6) is 0 Å². The lowest BCUT2D eigenvalue weighted by Crippen LogP contribution is -2.15. The van der Waals surface area contributed by atoms with E-state index in [1.165, 1.54) is 31.8 Å². The highest BCUT2D eigenvalue weighted by atomic mass is 16.4. The van der Waals surface area contributed by atoms with E-state index in [4.69, 9.17) is 10.2 Å². The molecule has 0 radical (unpaired) electrons. The molecule has 2 N–H and O–H groups in total. The molecular formula is C14H22O4. The van der Waals surface area contributed by atoms with Gasteiger partial charge in [-0.1, -0.05) is 38.7 Å². The van der Waals surface area contributed by atoms with Crippen LogP contribution in [0.3, 0.4) is 0 Å². The summed E-state index contributed by atoms with van der Waals surface area (Å²) in [4.78, 5) is 21.4. The van der Waals surface area contributed by atoms with Crippen molar-refractivity contribution in [3.63, 3.8) is 0 Å². The lowest BCUT2D eigenvalue weighted by atomic mass is 9.78. The maximum Gasteiger partial charge on any atom is 0.342 e. The van der Waals surface area contributed by atoms with E-state index < -0.39 is 17.5 Å². The molecule has 1 fully saturated rings. The molecule has 4 nitrogen and oxygen atoms in total. The predicted molar refractivity (Wildman–Crippen MR) is 68.3 cm³/mol. The van der Waals surface area contributed by atoms with Crippen LogP contribution in [0.2, 0.25) is 0 Å². The van der Waals surface area contributed by atoms with Crippen molar-refractivity contribution in [2.24, 2.45) is 11.8 Å². The molecule has 0 saturated heterocycles. The third-order valence-electron chi connectivity index (χ3n) is 3.78. The van der Waals surface area contributed by atoms with Gasteiger partial charge in [0, 0.05) is 0 Å². The summed E-state index contributed by atoms with van der Waals surface area (Å²) in [5.41, 5.74) is -0.495. The summed E-state index contributed by atoms with van der Waals surface area (Å²) in [7, 11) is 0. The molecule has 0 aromatic carbocycles. The average molecular weight is 254 g/mol. The quantitative estimate of drug-likeness (QED) is 0.434. The van der Waals surface area contributed by atoms with Crippen LogP contribution in [0.1, 0.15) is 51.9 Å². The number of hydrogen-bond donors (Lipinski definition) is 2. The molecule has 0 aliphatic heterocycles. The zero-order valence-electron chi connectivity index (χ0n) is 10.9. The van der Waals surface area contributed by atoms with Gasteiger partial charge in [-0.25, -0.2) is 9.59 Å². The lowest BCUT2D eigenvalue weighted by Gasteiger charge is -2.27. The Labute approximate surface area is 108 Å². The fourth-order valence-electron chi connectivity index (χ4n) is 2.71. The van der Waals surface area contributed by atoms with Crippen LogP contribution in [0.15, 0.2) is 11.6 Å². The highest BCUT2D eigenvalue weighted by Gasteiger charge is 2.21. The first kappa shape index (κ1) is 14.7. The molecule has 0 unspecified atom stereocenters. The Kier molecular flexibility index (Phi) is 5.89. The second-order valence-corrected chi connectivity index (χ2v) is 5.14. The van der Waals surface area contributed by atoms with E-state index in [0.29, 0.717) is 12.3 Å². The van der Waals surface area contributed by atoms with Gasteiger partial charge in [-0.15, -0.1) is 0 Å². The number of carboxylic acid groups (broad SMARTS) is 2. The fraction of sp³-hybridized carbons (Fsp3) is 0.714. The number of aliphatic carboxylic acids is 2. The molecule has 18 heavy (non-hydrogen) atoms. The second kappa shape index (κ2) is 7.19. The van der Waals surface area contributed by atoms with Crippen molar-refractivity contribution < 1.29 is 19.8 Å². The monoisotopic (exact) mass is 254 g/mol. The molecule has 1 saturated carbocycles. The zero-order valence-corrected chi connectivity index (χ0v) is 10.9. The topological polar surface area (TPSA) is 74.6 Å². The number of carbonyl (C=O) groups is 2. The van der Waals surface area contributed by atoms with Gasteiger partial charge in [0.25, 0.3) is 0 Å². The molecule has 1 aliphatic carbocycles. The molecular weight excluding hydrogens is 232 g/mol. The van der Waals surface area contributed by atoms with Crippen LogP contribution in [-0.4, -0.2) is 22.2 Å². The van der Waals surface area contributed by atoms with Crippen molar-refractivity contribution in [1.82, 2.24) is 0 Å². The smallest absolute Gasteiger partial charge is 0.342 e. The van der Waals surface area contributed by atoms with Gasteiger partial charge in [0.1, 0.15) is 5.57 Å². The summed E-state index contributed by atoms with van der Waals surface area (Å²) in [6.07, 6.45) is 9.02. The van der Waals surface area contributed by atoms with Crippen molar-refractivity contribution in [3.05, 3.63) is 11.6 Å². The van der Waals surface area contributed by atoms with Gasteiger partial charge in [-0.2, -0.15) is 0 Å². The van der Waals surface area contributed by atoms with Gasteiger partial charge in [-0.3, -0.25) is 0 Å². The van der Waals surface area contributed by atoms with E-state index in [9.17, 15) is 9.59 Å². The van der Waals surface area contributed by atoms with E-state index in [0.717, 1.165) is 18.8 Å². The second-order valence-electron chi connectivity index (χ2n) is 5.14. The Morgan fingerprint density at radius 2 is 1.56 bits per heavy atom. The molecule has 0 heterocycles. The highest BCUT2D eigenvalue weighted by molar-refractivity contribution is 6.12. The summed E-state index contributed by atoms with van der Waals surface area (Å²) in [5.74, 6) is -1.43. The molecule has 4 heteroatoms. The minimum absolute atomic E-state index is 0.451. The molecule has 0 spiro atoms. The molecule has 0 atom stereocenters. The van der Waals surface area contributed by atoms with Crippen molar-refractivity contribution in [3.8, 4) is 0 Å². The summed E-state index contributed by atoms with van der Waals surface area (Å²) in [5, 5.41) is 17.5. The predicted octanol–water partition coefficient (Wildman–Crippen LogP) is 3.08. The van der Waals surface area contributed by atoms with Gasteiger partial charge in [-0.05, 0) is 31.1 Å². The summed E-state index contributed by atoms with van der Waals surface area (Å²) < 4.78 is 0. The van der Waals surface area contributed by atoms with Crippen molar-refractivity contribution in [2.45, 2.75) is 51.9 Å². The Morgan fingerprint density at radius 3 is 2.00 bits per heavy atom. The van der Waals surface area contributed by atoms with Crippen molar-refractivity contribution in [1.29, 1.82) is 0 Å². The van der Waals surface area contributed by atoms with Crippen LogP contribution in [0, 0.1) is 11.8 Å². The van der Waals surface area contributed by atoms with Crippen molar-refractivity contribution >= 4 is 11.9 Å². The van der Waals surface area contributed by atoms with Gasteiger partial charge >= 0.3 is 11.9 Å². The summed E-state index contributed by atoms with van der Waals surface area (Å²) in [6, 6.07) is 0. The molecule has 0 amide bonds. The SMILES string of the molecule is CCCC1CCC(CC=C(C(=O)O)C(=O)O)CC1. The van der Waals surface area contributed by atoms with Crippen LogP contribution in [-0.2, 0) is 9.59 Å². The van der Waals surface area contributed by atoms with Gasteiger partial charge in [0.15, 0.2) is 0 Å². The van der Waals surface area contributed by atoms with E-state index in [1.807, 2.05) is 0 Å². The highest BCUT2D eigenvalue weighted by Crippen LogP contribution is 2.33. The van der Waals surface area contributed by atoms with E-state index in [1.54, 1.807) is 0 Å². The Morgan fingerprint density at radius 1 is 1.06 bits per heavy atom. The lowest BCUT2D eigenvalue weighted by molar-refractivity contribution is -0.140.